The predicted octanol–water partition coefficient (Wildman–Crippen LogP) is 1.79. The molecule has 0 radical (unpaired) electrons. The number of nitrogens with zero attached hydrogens (tertiary/aromatic N) is 2. The number of alkyl halides is 2. The quantitative estimate of drug-likeness (QED) is 0.568. The van der Waals surface area contributed by atoms with Crippen molar-refractivity contribution in [1.82, 2.24) is 0 Å². The Balaban J connectivity index is 3.30. The van der Waals surface area contributed by atoms with Crippen LogP contribution in [0, 0.1) is 22.7 Å². The fourth-order valence-electron chi connectivity index (χ4n) is 0.350. The topological polar surface area (TPSA) is 47.6 Å². The molecule has 0 aliphatic rings. The zero-order valence-corrected chi connectivity index (χ0v) is 8.85. The first-order chi connectivity index (χ1) is 5.20. The van der Waals surface area contributed by atoms with Gasteiger partial charge in [0.2, 0.25) is 0 Å². The molecule has 11 heavy (non-hydrogen) atoms. The molecule has 0 aliphatic carbocycles. The van der Waals surface area contributed by atoms with Crippen LogP contribution in [0.5, 0.6) is 0 Å². The Kier molecular flexibility index (Phi) is 6.82. The van der Waals surface area contributed by atoms with Crippen LogP contribution in [0.2, 0.25) is 10.6 Å². The molecule has 0 saturated heterocycles. The zero-order chi connectivity index (χ0) is 8.69. The van der Waals surface area contributed by atoms with Gasteiger partial charge in [0.1, 0.15) is 0 Å². The van der Waals surface area contributed by atoms with Crippen molar-refractivity contribution >= 4 is 38.2 Å². The van der Waals surface area contributed by atoms with E-state index >= 15 is 0 Å². The van der Waals surface area contributed by atoms with Crippen molar-refractivity contribution in [2.45, 2.75) is 21.4 Å². The first-order valence-corrected chi connectivity index (χ1v) is 6.15. The Morgan fingerprint density at radius 1 is 1.09 bits per heavy atom. The standard InChI is InChI=1S/C6H6Cl2N2Se/c7-5(1-9)3-11-4-6(8)2-10/h5-6H,3-4H2. The Bertz CT molecular complexity index is 164. The number of hydrogen-bond acceptors (Lipinski definition) is 2. The molecule has 2 atom stereocenters. The van der Waals surface area contributed by atoms with Crippen LogP contribution in [-0.4, -0.2) is 25.7 Å². The second kappa shape index (κ2) is 6.77. The third-order valence-electron chi connectivity index (χ3n) is 0.809. The van der Waals surface area contributed by atoms with Crippen LogP contribution in [0.4, 0.5) is 0 Å². The van der Waals surface area contributed by atoms with Crippen molar-refractivity contribution in [2.75, 3.05) is 0 Å². The summed E-state index contributed by atoms with van der Waals surface area (Å²) in [6, 6.07) is 3.82. The van der Waals surface area contributed by atoms with E-state index in [-0.39, 0.29) is 15.0 Å². The molecule has 0 aromatic heterocycles. The molecule has 2 unspecified atom stereocenters. The summed E-state index contributed by atoms with van der Waals surface area (Å²) in [5.41, 5.74) is 0. The van der Waals surface area contributed by atoms with E-state index in [1.54, 1.807) is 0 Å². The zero-order valence-electron chi connectivity index (χ0n) is 5.63. The van der Waals surface area contributed by atoms with E-state index in [0.717, 1.165) is 0 Å². The summed E-state index contributed by atoms with van der Waals surface area (Å²) in [5.74, 6) is 0. The van der Waals surface area contributed by atoms with Gasteiger partial charge in [-0.15, -0.1) is 0 Å². The molecule has 5 heteroatoms. The fraction of sp³-hybridized carbons (Fsp3) is 0.667. The van der Waals surface area contributed by atoms with Gasteiger partial charge in [-0.1, -0.05) is 0 Å². The number of nitriles is 2. The Morgan fingerprint density at radius 3 is 1.73 bits per heavy atom. The summed E-state index contributed by atoms with van der Waals surface area (Å²) in [6.45, 7) is 0. The molecule has 60 valence electrons. The summed E-state index contributed by atoms with van der Waals surface area (Å²) < 4.78 is 0. The molecule has 0 amide bonds. The van der Waals surface area contributed by atoms with E-state index in [4.69, 9.17) is 33.7 Å². The van der Waals surface area contributed by atoms with Crippen molar-refractivity contribution in [1.29, 1.82) is 10.5 Å². The summed E-state index contributed by atoms with van der Waals surface area (Å²) >= 11 is 11.3. The first-order valence-electron chi connectivity index (χ1n) is 2.85. The van der Waals surface area contributed by atoms with E-state index in [9.17, 15) is 0 Å². The van der Waals surface area contributed by atoms with Gasteiger partial charge in [-0.25, -0.2) is 0 Å². The summed E-state index contributed by atoms with van der Waals surface area (Å²) in [6.07, 6.45) is 0. The molecule has 2 nitrogen and oxygen atoms in total. The van der Waals surface area contributed by atoms with Crippen molar-refractivity contribution in [2.24, 2.45) is 0 Å². The Hall–Kier alpha value is 0.0795. The van der Waals surface area contributed by atoms with Crippen LogP contribution < -0.4 is 0 Å². The molecule has 0 N–H and O–H groups in total. The normalized spacial score (nSPS) is 14.5. The fourth-order valence-corrected chi connectivity index (χ4v) is 2.74. The molecule has 0 aromatic carbocycles. The van der Waals surface area contributed by atoms with Gasteiger partial charge < -0.3 is 0 Å². The van der Waals surface area contributed by atoms with Gasteiger partial charge in [0.15, 0.2) is 0 Å². The third kappa shape index (κ3) is 6.48. The van der Waals surface area contributed by atoms with Crippen LogP contribution in [-0.2, 0) is 0 Å². The summed E-state index contributed by atoms with van der Waals surface area (Å²) in [4.78, 5) is 0. The average molecular weight is 256 g/mol. The minimum atomic E-state index is -0.419. The van der Waals surface area contributed by atoms with Crippen LogP contribution >= 0.6 is 23.2 Å². The Morgan fingerprint density at radius 2 is 1.45 bits per heavy atom. The van der Waals surface area contributed by atoms with E-state index < -0.39 is 10.8 Å². The summed E-state index contributed by atoms with van der Waals surface area (Å²) in [5, 5.41) is 17.1. The van der Waals surface area contributed by atoms with Gasteiger partial charge in [0.25, 0.3) is 0 Å². The van der Waals surface area contributed by atoms with Gasteiger partial charge in [-0.2, -0.15) is 0 Å². The van der Waals surface area contributed by atoms with E-state index in [1.165, 1.54) is 0 Å². The molecule has 0 aromatic rings. The van der Waals surface area contributed by atoms with Gasteiger partial charge in [-0.3, -0.25) is 0 Å². The van der Waals surface area contributed by atoms with Crippen LogP contribution in [0.3, 0.4) is 0 Å². The van der Waals surface area contributed by atoms with Crippen molar-refractivity contribution < 1.29 is 0 Å². The van der Waals surface area contributed by atoms with Crippen molar-refractivity contribution in [3.8, 4) is 12.1 Å². The molecule has 0 rings (SSSR count). The molecule has 0 bridgehead atoms. The maximum atomic E-state index is 8.29. The van der Waals surface area contributed by atoms with E-state index in [1.807, 2.05) is 12.1 Å². The molecule has 0 saturated carbocycles. The van der Waals surface area contributed by atoms with Crippen LogP contribution in [0.25, 0.3) is 0 Å². The van der Waals surface area contributed by atoms with Gasteiger partial charge >= 0.3 is 82.2 Å². The Labute approximate surface area is 82.2 Å². The predicted molar refractivity (Wildman–Crippen MR) is 45.9 cm³/mol. The van der Waals surface area contributed by atoms with Gasteiger partial charge in [-0.05, 0) is 0 Å². The van der Waals surface area contributed by atoms with Crippen molar-refractivity contribution in [3.05, 3.63) is 0 Å². The molecule has 0 fully saturated rings. The monoisotopic (exact) mass is 256 g/mol. The number of rotatable bonds is 4. The van der Waals surface area contributed by atoms with Crippen molar-refractivity contribution in [3.63, 3.8) is 0 Å². The SMILES string of the molecule is N#CC(Cl)C[Se]CC(Cl)C#N. The number of hydrogen-bond donors (Lipinski definition) is 0. The molecule has 0 heterocycles. The minimum absolute atomic E-state index is 0.213. The molecular weight excluding hydrogens is 250 g/mol. The average Bonchev–Trinajstić information content (AvgIpc) is 2.04. The second-order valence-corrected chi connectivity index (χ2v) is 5.04. The van der Waals surface area contributed by atoms with Gasteiger partial charge in [0.05, 0.1) is 0 Å². The van der Waals surface area contributed by atoms with Crippen LogP contribution in [0.1, 0.15) is 0 Å². The molecule has 0 aliphatic heterocycles. The second-order valence-electron chi connectivity index (χ2n) is 1.73. The molecule has 0 spiro atoms. The van der Waals surface area contributed by atoms with E-state index in [2.05, 4.69) is 0 Å². The number of halogens is 2. The van der Waals surface area contributed by atoms with E-state index in [0.29, 0.717) is 10.6 Å². The van der Waals surface area contributed by atoms with Gasteiger partial charge in [0, 0.05) is 0 Å². The summed E-state index contributed by atoms with van der Waals surface area (Å²) in [7, 11) is 0. The first kappa shape index (κ1) is 11.1. The molecular formula is C6H6Cl2N2Se. The third-order valence-corrected chi connectivity index (χ3v) is 4.53. The maximum absolute atomic E-state index is 8.29. The van der Waals surface area contributed by atoms with Crippen LogP contribution in [0.15, 0.2) is 0 Å².